The van der Waals surface area contributed by atoms with E-state index in [9.17, 15) is 10.2 Å². The first-order valence-corrected chi connectivity index (χ1v) is 8.32. The average Bonchev–Trinajstić information content (AvgIpc) is 2.84. The summed E-state index contributed by atoms with van der Waals surface area (Å²) in [5, 5.41) is 22.7. The molecule has 2 rings (SSSR count). The highest BCUT2D eigenvalue weighted by atomic mass is 16.5. The van der Waals surface area contributed by atoms with Gasteiger partial charge in [-0.25, -0.2) is 0 Å². The van der Waals surface area contributed by atoms with Crippen LogP contribution in [0.2, 0.25) is 0 Å². The lowest BCUT2D eigenvalue weighted by Crippen LogP contribution is -2.34. The smallest absolute Gasteiger partial charge is 0.0897 e. The molecule has 3 N–H and O–H groups in total. The van der Waals surface area contributed by atoms with E-state index in [-0.39, 0.29) is 6.10 Å². The predicted octanol–water partition coefficient (Wildman–Crippen LogP) is 1.69. The fraction of sp³-hybridized carbons (Fsp3) is 1.00. The predicted molar refractivity (Wildman–Crippen MR) is 79.6 cm³/mol. The third-order valence-electron chi connectivity index (χ3n) is 4.81. The van der Waals surface area contributed by atoms with Crippen molar-refractivity contribution in [1.29, 1.82) is 0 Å². The normalized spacial score (nSPS) is 36.1. The Morgan fingerprint density at radius 1 is 1.15 bits per heavy atom. The topological polar surface area (TPSA) is 61.7 Å². The van der Waals surface area contributed by atoms with Crippen molar-refractivity contribution in [3.63, 3.8) is 0 Å². The van der Waals surface area contributed by atoms with E-state index in [4.69, 9.17) is 4.74 Å². The van der Waals surface area contributed by atoms with E-state index in [1.165, 1.54) is 12.8 Å². The zero-order valence-electron chi connectivity index (χ0n) is 12.8. The minimum absolute atomic E-state index is 0.108. The Labute approximate surface area is 122 Å². The minimum Gasteiger partial charge on any atom is -0.393 e. The molecular formula is C16H31NO3. The summed E-state index contributed by atoms with van der Waals surface area (Å²) in [7, 11) is 0. The maximum absolute atomic E-state index is 9.92. The van der Waals surface area contributed by atoms with Gasteiger partial charge in [0.25, 0.3) is 0 Å². The molecule has 2 saturated carbocycles. The Hall–Kier alpha value is -0.160. The SMILES string of the molecule is CC1CCC(OCC(O)CNCC2CCC(O)C2)CC1. The molecule has 0 aliphatic heterocycles. The summed E-state index contributed by atoms with van der Waals surface area (Å²) in [6.45, 7) is 4.24. The van der Waals surface area contributed by atoms with Crippen LogP contribution in [-0.2, 0) is 4.74 Å². The van der Waals surface area contributed by atoms with Crippen molar-refractivity contribution >= 4 is 0 Å². The first-order chi connectivity index (χ1) is 9.63. The van der Waals surface area contributed by atoms with Gasteiger partial charge in [0.1, 0.15) is 0 Å². The number of hydrogen-bond donors (Lipinski definition) is 3. The van der Waals surface area contributed by atoms with Crippen molar-refractivity contribution in [2.75, 3.05) is 19.7 Å². The van der Waals surface area contributed by atoms with Gasteiger partial charge in [-0.3, -0.25) is 0 Å². The maximum atomic E-state index is 9.92. The molecule has 2 aliphatic carbocycles. The fourth-order valence-corrected chi connectivity index (χ4v) is 3.39. The summed E-state index contributed by atoms with van der Waals surface area (Å²) in [6, 6.07) is 0. The van der Waals surface area contributed by atoms with Crippen molar-refractivity contribution in [2.24, 2.45) is 11.8 Å². The monoisotopic (exact) mass is 285 g/mol. The Bertz CT molecular complexity index is 266. The van der Waals surface area contributed by atoms with Crippen LogP contribution in [0.3, 0.4) is 0 Å². The van der Waals surface area contributed by atoms with Gasteiger partial charge in [-0.15, -0.1) is 0 Å². The van der Waals surface area contributed by atoms with Crippen molar-refractivity contribution in [3.05, 3.63) is 0 Å². The van der Waals surface area contributed by atoms with E-state index in [1.54, 1.807) is 0 Å². The maximum Gasteiger partial charge on any atom is 0.0897 e. The van der Waals surface area contributed by atoms with Gasteiger partial charge in [0.2, 0.25) is 0 Å². The Kier molecular flexibility index (Phi) is 6.75. The first-order valence-electron chi connectivity index (χ1n) is 8.32. The highest BCUT2D eigenvalue weighted by molar-refractivity contribution is 4.77. The molecule has 4 nitrogen and oxygen atoms in total. The van der Waals surface area contributed by atoms with E-state index >= 15 is 0 Å². The molecule has 118 valence electrons. The van der Waals surface area contributed by atoms with E-state index in [1.807, 2.05) is 0 Å². The first kappa shape index (κ1) is 16.2. The van der Waals surface area contributed by atoms with Crippen LogP contribution in [0.25, 0.3) is 0 Å². The molecule has 0 saturated heterocycles. The second-order valence-corrected chi connectivity index (χ2v) is 6.86. The second kappa shape index (κ2) is 8.32. The molecule has 0 aromatic carbocycles. The van der Waals surface area contributed by atoms with Crippen LogP contribution >= 0.6 is 0 Å². The van der Waals surface area contributed by atoms with E-state index in [0.717, 1.165) is 44.6 Å². The van der Waals surface area contributed by atoms with Crippen molar-refractivity contribution in [3.8, 4) is 0 Å². The molecular weight excluding hydrogens is 254 g/mol. The number of aliphatic hydroxyl groups excluding tert-OH is 2. The molecule has 0 aromatic rings. The summed E-state index contributed by atoms with van der Waals surface area (Å²) in [5.41, 5.74) is 0. The van der Waals surface area contributed by atoms with E-state index in [0.29, 0.717) is 25.2 Å². The Balaban J connectivity index is 1.49. The molecule has 0 aromatic heterocycles. The number of rotatable bonds is 7. The lowest BCUT2D eigenvalue weighted by atomic mass is 9.89. The number of hydrogen-bond acceptors (Lipinski definition) is 4. The molecule has 3 unspecified atom stereocenters. The van der Waals surface area contributed by atoms with Crippen LogP contribution in [-0.4, -0.2) is 48.2 Å². The van der Waals surface area contributed by atoms with Crippen LogP contribution in [0.15, 0.2) is 0 Å². The zero-order valence-corrected chi connectivity index (χ0v) is 12.8. The van der Waals surface area contributed by atoms with Gasteiger partial charge in [0.05, 0.1) is 24.9 Å². The van der Waals surface area contributed by atoms with Crippen LogP contribution < -0.4 is 5.32 Å². The third kappa shape index (κ3) is 5.68. The van der Waals surface area contributed by atoms with Gasteiger partial charge in [-0.2, -0.15) is 0 Å². The summed E-state index contributed by atoms with van der Waals surface area (Å²) >= 11 is 0. The minimum atomic E-state index is -0.416. The summed E-state index contributed by atoms with van der Waals surface area (Å²) in [5.74, 6) is 1.40. The second-order valence-electron chi connectivity index (χ2n) is 6.86. The molecule has 0 bridgehead atoms. The van der Waals surface area contributed by atoms with Gasteiger partial charge in [-0.1, -0.05) is 6.92 Å². The number of nitrogens with one attached hydrogen (secondary N) is 1. The number of aliphatic hydroxyl groups is 2. The van der Waals surface area contributed by atoms with Crippen LogP contribution in [0, 0.1) is 11.8 Å². The Morgan fingerprint density at radius 3 is 2.55 bits per heavy atom. The van der Waals surface area contributed by atoms with Gasteiger partial charge in [-0.05, 0) is 63.3 Å². The molecule has 0 amide bonds. The quantitative estimate of drug-likeness (QED) is 0.666. The highest BCUT2D eigenvalue weighted by Gasteiger charge is 2.23. The lowest BCUT2D eigenvalue weighted by molar-refractivity contribution is -0.0279. The van der Waals surface area contributed by atoms with Crippen LogP contribution in [0.4, 0.5) is 0 Å². The van der Waals surface area contributed by atoms with E-state index < -0.39 is 6.10 Å². The fourth-order valence-electron chi connectivity index (χ4n) is 3.39. The molecule has 20 heavy (non-hydrogen) atoms. The molecule has 2 fully saturated rings. The summed E-state index contributed by atoms with van der Waals surface area (Å²) < 4.78 is 5.80. The highest BCUT2D eigenvalue weighted by Crippen LogP contribution is 2.26. The Morgan fingerprint density at radius 2 is 1.90 bits per heavy atom. The molecule has 2 aliphatic rings. The zero-order chi connectivity index (χ0) is 14.4. The largest absolute Gasteiger partial charge is 0.393 e. The van der Waals surface area contributed by atoms with Crippen molar-refractivity contribution < 1.29 is 14.9 Å². The lowest BCUT2D eigenvalue weighted by Gasteiger charge is -2.27. The van der Waals surface area contributed by atoms with Gasteiger partial charge < -0.3 is 20.3 Å². The van der Waals surface area contributed by atoms with Crippen molar-refractivity contribution in [2.45, 2.75) is 70.2 Å². The summed E-state index contributed by atoms with van der Waals surface area (Å²) in [6.07, 6.45) is 7.54. The standard InChI is InChI=1S/C16H31NO3/c1-12-2-6-16(7-3-12)20-11-15(19)10-17-9-13-4-5-14(18)8-13/h12-19H,2-11H2,1H3. The number of ether oxygens (including phenoxy) is 1. The molecule has 0 heterocycles. The average molecular weight is 285 g/mol. The van der Waals surface area contributed by atoms with Crippen molar-refractivity contribution in [1.82, 2.24) is 5.32 Å². The van der Waals surface area contributed by atoms with E-state index in [2.05, 4.69) is 12.2 Å². The molecule has 0 spiro atoms. The molecule has 0 radical (unpaired) electrons. The molecule has 3 atom stereocenters. The van der Waals surface area contributed by atoms with Crippen LogP contribution in [0.1, 0.15) is 51.9 Å². The van der Waals surface area contributed by atoms with Gasteiger partial charge >= 0.3 is 0 Å². The van der Waals surface area contributed by atoms with Gasteiger partial charge in [0, 0.05) is 6.54 Å². The van der Waals surface area contributed by atoms with Gasteiger partial charge in [0.15, 0.2) is 0 Å². The third-order valence-corrected chi connectivity index (χ3v) is 4.81. The molecule has 4 heteroatoms. The van der Waals surface area contributed by atoms with Crippen LogP contribution in [0.5, 0.6) is 0 Å². The summed E-state index contributed by atoms with van der Waals surface area (Å²) in [4.78, 5) is 0.